The smallest absolute Gasteiger partial charge is 0.335 e. The Hall–Kier alpha value is -2.90. The second-order valence-electron chi connectivity index (χ2n) is 8.96. The molecule has 0 atom stereocenters. The number of thioether (sulfide) groups is 2. The lowest BCUT2D eigenvalue weighted by Crippen LogP contribution is -2.73. The zero-order valence-corrected chi connectivity index (χ0v) is 21.4. The summed E-state index contributed by atoms with van der Waals surface area (Å²) in [7, 11) is 0. The lowest BCUT2D eigenvalue weighted by molar-refractivity contribution is -0.636. The van der Waals surface area contributed by atoms with Gasteiger partial charge in [-0.3, -0.25) is 15.6 Å². The first kappa shape index (κ1) is 22.6. The number of anilines is 1. The van der Waals surface area contributed by atoms with Crippen LogP contribution in [-0.4, -0.2) is 37.9 Å². The number of nitrogens with one attached hydrogen (secondary N) is 3. The van der Waals surface area contributed by atoms with Crippen LogP contribution < -0.4 is 25.1 Å². The number of hydrogen-bond donors (Lipinski definition) is 3. The van der Waals surface area contributed by atoms with Crippen molar-refractivity contribution in [1.29, 1.82) is 0 Å². The number of guanidine groups is 1. The number of pyridine rings is 1. The molecule has 0 bridgehead atoms. The average molecular weight is 502 g/mol. The molecule has 0 fully saturated rings. The van der Waals surface area contributed by atoms with Crippen molar-refractivity contribution in [3.8, 4) is 5.69 Å². The maximum Gasteiger partial charge on any atom is 0.343 e. The first-order chi connectivity index (χ1) is 17.3. The van der Waals surface area contributed by atoms with Crippen molar-refractivity contribution in [1.82, 2.24) is 10.6 Å². The van der Waals surface area contributed by atoms with Gasteiger partial charge in [-0.1, -0.05) is 53.9 Å². The second kappa shape index (κ2) is 10.4. The van der Waals surface area contributed by atoms with E-state index < -0.39 is 0 Å². The molecule has 2 aromatic carbocycles. The maximum absolute atomic E-state index is 3.46. The number of nitrogens with zero attached hydrogens (tertiary/aromatic N) is 2. The summed E-state index contributed by atoms with van der Waals surface area (Å²) in [6.07, 6.45) is 8.10. The van der Waals surface area contributed by atoms with E-state index in [0.717, 1.165) is 44.3 Å². The molecule has 178 valence electrons. The van der Waals surface area contributed by atoms with Gasteiger partial charge in [0, 0.05) is 41.5 Å². The van der Waals surface area contributed by atoms with Gasteiger partial charge in [0.25, 0.3) is 0 Å². The standard InChI is InChI=1S/C28H30N5S2/c1-2-9-23(10-3-1)32-17-12-21(19-25(32)34-18-6-13-29-28-30-14-15-31-28)20-26-33-16-5-8-22-7-4-11-24(35-26)27(22)33/h1-4,7,9-12,17,19-20H,5-6,8,13-16,18H2,(H2,29,30,31)/q+1/p+1. The van der Waals surface area contributed by atoms with E-state index in [4.69, 9.17) is 0 Å². The van der Waals surface area contributed by atoms with Gasteiger partial charge >= 0.3 is 5.96 Å². The van der Waals surface area contributed by atoms with E-state index in [1.165, 1.54) is 50.3 Å². The Morgan fingerprint density at radius 3 is 2.97 bits per heavy atom. The highest BCUT2D eigenvalue weighted by molar-refractivity contribution is 8.04. The maximum atomic E-state index is 3.46. The monoisotopic (exact) mass is 501 g/mol. The zero-order valence-electron chi connectivity index (χ0n) is 19.8. The van der Waals surface area contributed by atoms with Crippen LogP contribution in [0.4, 0.5) is 5.69 Å². The van der Waals surface area contributed by atoms with Gasteiger partial charge in [0.2, 0.25) is 10.7 Å². The van der Waals surface area contributed by atoms with E-state index in [-0.39, 0.29) is 0 Å². The molecule has 0 unspecified atom stereocenters. The van der Waals surface area contributed by atoms with Crippen LogP contribution in [0.25, 0.3) is 11.8 Å². The molecule has 0 radical (unpaired) electrons. The molecule has 3 aromatic rings. The molecule has 0 aliphatic carbocycles. The molecule has 5 nitrogen and oxygen atoms in total. The Morgan fingerprint density at radius 1 is 1.14 bits per heavy atom. The molecule has 1 aromatic heterocycles. The highest BCUT2D eigenvalue weighted by Crippen LogP contribution is 2.50. The van der Waals surface area contributed by atoms with E-state index >= 15 is 0 Å². The molecule has 0 spiro atoms. The summed E-state index contributed by atoms with van der Waals surface area (Å²) in [6, 6.07) is 22.0. The third-order valence-corrected chi connectivity index (χ3v) is 8.73. The Kier molecular flexibility index (Phi) is 6.69. The Morgan fingerprint density at radius 2 is 2.09 bits per heavy atom. The fourth-order valence-electron chi connectivity index (χ4n) is 4.86. The predicted octanol–water partition coefficient (Wildman–Crippen LogP) is 2.93. The van der Waals surface area contributed by atoms with Crippen molar-refractivity contribution in [2.75, 3.05) is 36.8 Å². The van der Waals surface area contributed by atoms with Gasteiger partial charge < -0.3 is 4.90 Å². The number of hydrogen-bond acceptors (Lipinski definition) is 5. The number of aryl methyl sites for hydroxylation is 1. The Bertz CT molecular complexity index is 1270. The van der Waals surface area contributed by atoms with Gasteiger partial charge in [-0.05, 0) is 42.5 Å². The van der Waals surface area contributed by atoms with Crippen molar-refractivity contribution in [3.63, 3.8) is 0 Å². The van der Waals surface area contributed by atoms with Gasteiger partial charge in [0.05, 0.1) is 30.4 Å². The molecule has 0 saturated heterocycles. The molecule has 0 amide bonds. The molecule has 4 heterocycles. The van der Waals surface area contributed by atoms with Crippen molar-refractivity contribution >= 4 is 41.2 Å². The molecular weight excluding hydrogens is 470 g/mol. The van der Waals surface area contributed by atoms with Crippen LogP contribution in [0.2, 0.25) is 0 Å². The average Bonchev–Trinajstić information content (AvgIpc) is 3.54. The van der Waals surface area contributed by atoms with Gasteiger partial charge in [-0.2, -0.15) is 4.57 Å². The van der Waals surface area contributed by atoms with Crippen LogP contribution in [0.15, 0.2) is 81.8 Å². The van der Waals surface area contributed by atoms with Gasteiger partial charge in [0.15, 0.2) is 6.20 Å². The predicted molar refractivity (Wildman–Crippen MR) is 146 cm³/mol. The fraction of sp³-hybridized carbons (Fsp3) is 0.286. The Labute approximate surface area is 215 Å². The van der Waals surface area contributed by atoms with Crippen molar-refractivity contribution in [2.24, 2.45) is 0 Å². The van der Waals surface area contributed by atoms with E-state index in [0.29, 0.717) is 0 Å². The summed E-state index contributed by atoms with van der Waals surface area (Å²) in [4.78, 5) is 7.26. The Balaban J connectivity index is 1.22. The summed E-state index contributed by atoms with van der Waals surface area (Å²) in [5, 5.41) is 9.41. The normalized spacial score (nSPS) is 17.3. The van der Waals surface area contributed by atoms with Gasteiger partial charge in [0.1, 0.15) is 0 Å². The molecule has 3 aliphatic heterocycles. The van der Waals surface area contributed by atoms with Crippen LogP contribution in [0, 0.1) is 0 Å². The first-order valence-corrected chi connectivity index (χ1v) is 14.3. The highest BCUT2D eigenvalue weighted by Gasteiger charge is 2.30. The minimum absolute atomic E-state index is 0.962. The quantitative estimate of drug-likeness (QED) is 0.264. The highest BCUT2D eigenvalue weighted by atomic mass is 32.2. The number of para-hydroxylation sites is 2. The summed E-state index contributed by atoms with van der Waals surface area (Å²) in [5.74, 6) is 2.13. The van der Waals surface area contributed by atoms with Crippen LogP contribution in [0.3, 0.4) is 0 Å². The van der Waals surface area contributed by atoms with Crippen LogP contribution in [0.5, 0.6) is 0 Å². The second-order valence-corrected chi connectivity index (χ2v) is 11.1. The first-order valence-electron chi connectivity index (χ1n) is 12.5. The minimum Gasteiger partial charge on any atom is -0.335 e. The van der Waals surface area contributed by atoms with E-state index in [9.17, 15) is 0 Å². The van der Waals surface area contributed by atoms with Crippen molar-refractivity contribution in [2.45, 2.75) is 29.2 Å². The molecule has 7 heteroatoms. The lowest BCUT2D eigenvalue weighted by atomic mass is 10.0. The summed E-state index contributed by atoms with van der Waals surface area (Å²) in [6.45, 7) is 4.07. The van der Waals surface area contributed by atoms with Crippen LogP contribution in [-0.2, 0) is 6.42 Å². The van der Waals surface area contributed by atoms with Gasteiger partial charge in [-0.25, -0.2) is 0 Å². The molecule has 35 heavy (non-hydrogen) atoms. The molecule has 0 saturated carbocycles. The topological polar surface area (TPSA) is 45.1 Å². The molecule has 3 N–H and O–H groups in total. The van der Waals surface area contributed by atoms with E-state index in [1.54, 1.807) is 0 Å². The largest absolute Gasteiger partial charge is 0.343 e. The van der Waals surface area contributed by atoms with Crippen LogP contribution in [0.1, 0.15) is 24.0 Å². The lowest BCUT2D eigenvalue weighted by Gasteiger charge is -2.27. The van der Waals surface area contributed by atoms with Gasteiger partial charge in [-0.15, -0.1) is 0 Å². The SMILES string of the molecule is C(=C1Sc2cccc3c2N1CCC3)c1cc[n+](-c2ccccc2)c(SCCCNC2=[NH+]CCN2)c1. The number of benzene rings is 2. The number of rotatable bonds is 7. The summed E-state index contributed by atoms with van der Waals surface area (Å²) < 4.78 is 2.31. The minimum atomic E-state index is 0.962. The zero-order chi connectivity index (χ0) is 23.5. The van der Waals surface area contributed by atoms with Crippen molar-refractivity contribution in [3.05, 3.63) is 83.0 Å². The number of aromatic nitrogens is 1. The third kappa shape index (κ3) is 4.93. The summed E-state index contributed by atoms with van der Waals surface area (Å²) >= 11 is 3.84. The molecule has 3 aliphatic rings. The third-order valence-electron chi connectivity index (χ3n) is 6.53. The summed E-state index contributed by atoms with van der Waals surface area (Å²) in [5.41, 5.74) is 5.39. The van der Waals surface area contributed by atoms with Crippen LogP contribution >= 0.6 is 23.5 Å². The van der Waals surface area contributed by atoms with E-state index in [2.05, 4.69) is 98.0 Å². The van der Waals surface area contributed by atoms with E-state index in [1.807, 2.05) is 23.5 Å². The fourth-order valence-corrected chi connectivity index (χ4v) is 7.08. The van der Waals surface area contributed by atoms with Crippen molar-refractivity contribution < 1.29 is 9.56 Å². The molecular formula is C28H31N5S2+2. The molecule has 6 rings (SSSR count).